The predicted octanol–water partition coefficient (Wildman–Crippen LogP) is 3.42. The zero-order valence-electron chi connectivity index (χ0n) is 15.4. The molecule has 3 fully saturated rings. The number of nitrogens with zero attached hydrogens (tertiary/aromatic N) is 2. The smallest absolute Gasteiger partial charge is 0.410 e. The van der Waals surface area contributed by atoms with Gasteiger partial charge in [0.15, 0.2) is 0 Å². The quantitative estimate of drug-likeness (QED) is 0.776. The second-order valence-electron chi connectivity index (χ2n) is 8.70. The Morgan fingerprint density at radius 1 is 0.958 bits per heavy atom. The first-order valence-corrected chi connectivity index (χ1v) is 9.63. The van der Waals surface area contributed by atoms with Crippen LogP contribution in [0.2, 0.25) is 0 Å². The van der Waals surface area contributed by atoms with Gasteiger partial charge in [0.1, 0.15) is 5.60 Å². The van der Waals surface area contributed by atoms with Gasteiger partial charge < -0.3 is 14.5 Å². The van der Waals surface area contributed by atoms with Crippen LogP contribution in [0.5, 0.6) is 0 Å². The molecule has 2 aliphatic heterocycles. The minimum Gasteiger partial charge on any atom is -0.444 e. The van der Waals surface area contributed by atoms with Gasteiger partial charge >= 0.3 is 6.09 Å². The SMILES string of the molecule is CC(C)(C)OC(=O)N1CCCC(C2CCCCN2C(=O)C2CC2)C1. The first-order valence-electron chi connectivity index (χ1n) is 9.63. The third-order valence-electron chi connectivity index (χ3n) is 5.41. The van der Waals surface area contributed by atoms with Crippen molar-refractivity contribution in [3.8, 4) is 0 Å². The van der Waals surface area contributed by atoms with Gasteiger partial charge in [-0.15, -0.1) is 0 Å². The second-order valence-corrected chi connectivity index (χ2v) is 8.70. The topological polar surface area (TPSA) is 49.9 Å². The highest BCUT2D eigenvalue weighted by Gasteiger charge is 2.41. The van der Waals surface area contributed by atoms with Crippen LogP contribution in [0, 0.1) is 11.8 Å². The van der Waals surface area contributed by atoms with Crippen molar-refractivity contribution in [2.45, 2.75) is 77.4 Å². The summed E-state index contributed by atoms with van der Waals surface area (Å²) in [5, 5.41) is 0. The van der Waals surface area contributed by atoms with Gasteiger partial charge in [0.25, 0.3) is 0 Å². The fourth-order valence-corrected chi connectivity index (χ4v) is 4.10. The monoisotopic (exact) mass is 336 g/mol. The summed E-state index contributed by atoms with van der Waals surface area (Å²) >= 11 is 0. The van der Waals surface area contributed by atoms with Crippen molar-refractivity contribution in [3.05, 3.63) is 0 Å². The molecule has 2 amide bonds. The first-order chi connectivity index (χ1) is 11.3. The summed E-state index contributed by atoms with van der Waals surface area (Å²) in [5.41, 5.74) is -0.456. The average molecular weight is 336 g/mol. The van der Waals surface area contributed by atoms with Crippen LogP contribution in [-0.2, 0) is 9.53 Å². The van der Waals surface area contributed by atoms with Gasteiger partial charge in [0.2, 0.25) is 5.91 Å². The highest BCUT2D eigenvalue weighted by atomic mass is 16.6. The van der Waals surface area contributed by atoms with Crippen LogP contribution in [0.15, 0.2) is 0 Å². The Morgan fingerprint density at radius 3 is 2.38 bits per heavy atom. The zero-order valence-corrected chi connectivity index (χ0v) is 15.4. The standard InChI is InChI=1S/C19H32N2O3/c1-19(2,3)24-18(23)20-11-6-7-15(13-20)16-8-4-5-12-21(16)17(22)14-9-10-14/h14-16H,4-13H2,1-3H3. The van der Waals surface area contributed by atoms with Gasteiger partial charge in [-0.25, -0.2) is 4.79 Å². The molecule has 0 spiro atoms. The molecule has 0 aromatic rings. The van der Waals surface area contributed by atoms with Crippen LogP contribution in [0.4, 0.5) is 4.79 Å². The van der Waals surface area contributed by atoms with E-state index in [9.17, 15) is 9.59 Å². The average Bonchev–Trinajstić information content (AvgIpc) is 3.38. The van der Waals surface area contributed by atoms with E-state index >= 15 is 0 Å². The summed E-state index contributed by atoms with van der Waals surface area (Å²) in [6, 6.07) is 0.317. The largest absolute Gasteiger partial charge is 0.444 e. The maximum atomic E-state index is 12.6. The molecule has 0 aromatic heterocycles. The molecule has 5 heteroatoms. The fourth-order valence-electron chi connectivity index (χ4n) is 4.10. The van der Waals surface area contributed by atoms with Gasteiger partial charge in [0, 0.05) is 31.6 Å². The number of piperidine rings is 2. The predicted molar refractivity (Wildman–Crippen MR) is 92.6 cm³/mol. The van der Waals surface area contributed by atoms with Crippen LogP contribution in [0.25, 0.3) is 0 Å². The normalized spacial score (nSPS) is 28.6. The van der Waals surface area contributed by atoms with Gasteiger partial charge in [-0.05, 0) is 71.6 Å². The molecule has 0 aromatic carbocycles. The molecular weight excluding hydrogens is 304 g/mol. The highest BCUT2D eigenvalue weighted by Crippen LogP contribution is 2.36. The summed E-state index contributed by atoms with van der Waals surface area (Å²) in [7, 11) is 0. The van der Waals surface area contributed by atoms with Gasteiger partial charge in [0.05, 0.1) is 0 Å². The summed E-state index contributed by atoms with van der Waals surface area (Å²) < 4.78 is 5.54. The van der Waals surface area contributed by atoms with E-state index in [0.717, 1.165) is 58.2 Å². The molecule has 2 unspecified atom stereocenters. The molecule has 24 heavy (non-hydrogen) atoms. The summed E-state index contributed by atoms with van der Waals surface area (Å²) in [6.45, 7) is 8.13. The minimum atomic E-state index is -0.456. The minimum absolute atomic E-state index is 0.205. The van der Waals surface area contributed by atoms with Gasteiger partial charge in [-0.2, -0.15) is 0 Å². The first kappa shape index (κ1) is 17.6. The molecule has 2 heterocycles. The molecule has 1 aliphatic carbocycles. The number of carbonyl (C=O) groups is 2. The lowest BCUT2D eigenvalue weighted by Gasteiger charge is -2.44. The lowest BCUT2D eigenvalue weighted by molar-refractivity contribution is -0.138. The number of ether oxygens (including phenoxy) is 1. The van der Waals surface area contributed by atoms with Crippen molar-refractivity contribution in [1.82, 2.24) is 9.80 Å². The van der Waals surface area contributed by atoms with E-state index in [1.165, 1.54) is 6.42 Å². The highest BCUT2D eigenvalue weighted by molar-refractivity contribution is 5.81. The van der Waals surface area contributed by atoms with Crippen molar-refractivity contribution in [2.24, 2.45) is 11.8 Å². The molecule has 0 N–H and O–H groups in total. The Balaban J connectivity index is 1.64. The number of hydrogen-bond donors (Lipinski definition) is 0. The zero-order chi connectivity index (χ0) is 17.3. The third-order valence-corrected chi connectivity index (χ3v) is 5.41. The van der Waals surface area contributed by atoms with E-state index in [1.54, 1.807) is 0 Å². The van der Waals surface area contributed by atoms with Crippen molar-refractivity contribution < 1.29 is 14.3 Å². The Hall–Kier alpha value is -1.26. The Kier molecular flexibility index (Phi) is 5.07. The van der Waals surface area contributed by atoms with E-state index in [4.69, 9.17) is 4.74 Å². The molecule has 5 nitrogen and oxygen atoms in total. The Morgan fingerprint density at radius 2 is 1.71 bits per heavy atom. The maximum absolute atomic E-state index is 12.6. The number of amides is 2. The number of hydrogen-bond acceptors (Lipinski definition) is 3. The van der Waals surface area contributed by atoms with E-state index in [-0.39, 0.29) is 12.0 Å². The number of likely N-dealkylation sites (tertiary alicyclic amines) is 2. The summed E-state index contributed by atoms with van der Waals surface area (Å²) in [6.07, 6.45) is 7.45. The molecule has 136 valence electrons. The number of rotatable bonds is 2. The number of carbonyl (C=O) groups excluding carboxylic acids is 2. The molecule has 3 rings (SSSR count). The van der Waals surface area contributed by atoms with E-state index in [2.05, 4.69) is 4.90 Å². The molecule has 1 saturated carbocycles. The third kappa shape index (κ3) is 4.22. The maximum Gasteiger partial charge on any atom is 0.410 e. The molecule has 2 atom stereocenters. The Labute approximate surface area is 145 Å². The van der Waals surface area contributed by atoms with Crippen molar-refractivity contribution >= 4 is 12.0 Å². The van der Waals surface area contributed by atoms with Crippen LogP contribution >= 0.6 is 0 Å². The fraction of sp³-hybridized carbons (Fsp3) is 0.895. The second kappa shape index (κ2) is 6.93. The Bertz CT molecular complexity index is 481. The van der Waals surface area contributed by atoms with Crippen molar-refractivity contribution in [1.29, 1.82) is 0 Å². The van der Waals surface area contributed by atoms with Gasteiger partial charge in [-0.1, -0.05) is 0 Å². The van der Waals surface area contributed by atoms with Crippen LogP contribution < -0.4 is 0 Å². The lowest BCUT2D eigenvalue weighted by Crippen LogP contribution is -2.53. The molecule has 0 bridgehead atoms. The van der Waals surface area contributed by atoms with Crippen LogP contribution in [0.3, 0.4) is 0 Å². The van der Waals surface area contributed by atoms with E-state index in [1.807, 2.05) is 25.7 Å². The van der Waals surface area contributed by atoms with Crippen LogP contribution in [-0.4, -0.2) is 53.1 Å². The van der Waals surface area contributed by atoms with Crippen molar-refractivity contribution in [2.75, 3.05) is 19.6 Å². The summed E-state index contributed by atoms with van der Waals surface area (Å²) in [4.78, 5) is 29.0. The van der Waals surface area contributed by atoms with E-state index < -0.39 is 5.60 Å². The van der Waals surface area contributed by atoms with Crippen molar-refractivity contribution in [3.63, 3.8) is 0 Å². The molecule has 3 aliphatic rings. The van der Waals surface area contributed by atoms with Crippen LogP contribution in [0.1, 0.15) is 65.7 Å². The lowest BCUT2D eigenvalue weighted by atomic mass is 9.84. The van der Waals surface area contributed by atoms with Gasteiger partial charge in [-0.3, -0.25) is 4.79 Å². The summed E-state index contributed by atoms with van der Waals surface area (Å²) in [5.74, 6) is 1.06. The molecular formula is C19H32N2O3. The van der Waals surface area contributed by atoms with E-state index in [0.29, 0.717) is 17.9 Å². The molecule has 2 saturated heterocycles. The molecule has 0 radical (unpaired) electrons.